The van der Waals surface area contributed by atoms with Gasteiger partial charge in [-0.15, -0.1) is 0 Å². The predicted octanol–water partition coefficient (Wildman–Crippen LogP) is 3.66. The summed E-state index contributed by atoms with van der Waals surface area (Å²) >= 11 is 0. The second-order valence-electron chi connectivity index (χ2n) is 5.79. The van der Waals surface area contributed by atoms with Gasteiger partial charge in [0.25, 0.3) is 0 Å². The summed E-state index contributed by atoms with van der Waals surface area (Å²) in [5.74, 6) is 0. The van der Waals surface area contributed by atoms with E-state index < -0.39 is 0 Å². The molecule has 0 fully saturated rings. The molecule has 2 aromatic rings. The van der Waals surface area contributed by atoms with E-state index in [2.05, 4.69) is 54.7 Å². The number of nitrogens with one attached hydrogen (secondary N) is 1. The molecule has 21 heavy (non-hydrogen) atoms. The molecular weight excluding hydrogens is 258 g/mol. The maximum atomic E-state index is 4.20. The van der Waals surface area contributed by atoms with Crippen molar-refractivity contribution in [3.05, 3.63) is 53.3 Å². The lowest BCUT2D eigenvalue weighted by Crippen LogP contribution is -2.21. The van der Waals surface area contributed by atoms with Gasteiger partial charge in [-0.25, -0.2) is 0 Å². The molecule has 0 saturated heterocycles. The van der Waals surface area contributed by atoms with E-state index in [1.807, 2.05) is 17.9 Å². The third-order valence-electron chi connectivity index (χ3n) is 3.92. The summed E-state index contributed by atoms with van der Waals surface area (Å²) in [6.45, 7) is 5.44. The fraction of sp³-hybridized carbons (Fsp3) is 0.500. The highest BCUT2D eigenvalue weighted by atomic mass is 15.2. The van der Waals surface area contributed by atoms with Crippen LogP contribution in [0.2, 0.25) is 0 Å². The van der Waals surface area contributed by atoms with Gasteiger partial charge in [-0.2, -0.15) is 5.10 Å². The van der Waals surface area contributed by atoms with Crippen LogP contribution >= 0.6 is 0 Å². The van der Waals surface area contributed by atoms with Crippen molar-refractivity contribution < 1.29 is 0 Å². The first-order chi connectivity index (χ1) is 10.2. The maximum absolute atomic E-state index is 4.20. The van der Waals surface area contributed by atoms with Gasteiger partial charge in [0.1, 0.15) is 0 Å². The summed E-state index contributed by atoms with van der Waals surface area (Å²) in [5, 5.41) is 7.78. The van der Waals surface area contributed by atoms with Gasteiger partial charge in [0.15, 0.2) is 0 Å². The quantitative estimate of drug-likeness (QED) is 0.802. The number of hydrogen-bond acceptors (Lipinski definition) is 2. The minimum Gasteiger partial charge on any atom is -0.310 e. The molecular formula is C18H27N3. The predicted molar refractivity (Wildman–Crippen MR) is 88.4 cm³/mol. The molecule has 3 nitrogen and oxygen atoms in total. The van der Waals surface area contributed by atoms with Crippen molar-refractivity contribution >= 4 is 0 Å². The molecule has 0 spiro atoms. The molecule has 0 aliphatic heterocycles. The van der Waals surface area contributed by atoms with Crippen molar-refractivity contribution in [3.63, 3.8) is 0 Å². The molecule has 1 heterocycles. The highest BCUT2D eigenvalue weighted by Crippen LogP contribution is 2.14. The van der Waals surface area contributed by atoms with Crippen LogP contribution < -0.4 is 5.32 Å². The lowest BCUT2D eigenvalue weighted by molar-refractivity contribution is 0.576. The molecule has 114 valence electrons. The van der Waals surface area contributed by atoms with E-state index in [9.17, 15) is 0 Å². The van der Waals surface area contributed by atoms with Crippen LogP contribution in [-0.2, 0) is 19.9 Å². The van der Waals surface area contributed by atoms with E-state index in [4.69, 9.17) is 0 Å². The number of rotatable bonds is 8. The first-order valence-electron chi connectivity index (χ1n) is 7.98. The van der Waals surface area contributed by atoms with Gasteiger partial charge >= 0.3 is 0 Å². The van der Waals surface area contributed by atoms with Gasteiger partial charge in [0, 0.05) is 19.3 Å². The molecule has 1 aromatic carbocycles. The molecule has 0 aliphatic carbocycles. The van der Waals surface area contributed by atoms with Crippen molar-refractivity contribution in [1.82, 2.24) is 15.1 Å². The molecule has 0 radical (unpaired) electrons. The molecule has 1 unspecified atom stereocenters. The Hall–Kier alpha value is -1.61. The van der Waals surface area contributed by atoms with E-state index in [0.29, 0.717) is 6.04 Å². The Bertz CT molecular complexity index is 528. The molecule has 0 bridgehead atoms. The lowest BCUT2D eigenvalue weighted by Gasteiger charge is -2.14. The fourth-order valence-electron chi connectivity index (χ4n) is 2.51. The van der Waals surface area contributed by atoms with Crippen LogP contribution in [0.3, 0.4) is 0 Å². The molecule has 1 aromatic heterocycles. The van der Waals surface area contributed by atoms with Crippen molar-refractivity contribution in [2.24, 2.45) is 7.05 Å². The van der Waals surface area contributed by atoms with Crippen molar-refractivity contribution in [1.29, 1.82) is 0 Å². The van der Waals surface area contributed by atoms with Crippen LogP contribution in [0.25, 0.3) is 0 Å². The molecule has 1 N–H and O–H groups in total. The zero-order chi connectivity index (χ0) is 15.1. The zero-order valence-corrected chi connectivity index (χ0v) is 13.5. The highest BCUT2D eigenvalue weighted by molar-refractivity contribution is 5.24. The van der Waals surface area contributed by atoms with Gasteiger partial charge in [0.2, 0.25) is 0 Å². The monoisotopic (exact) mass is 285 g/mol. The molecule has 2 rings (SSSR count). The Labute approximate surface area is 128 Å². The average molecular weight is 285 g/mol. The van der Waals surface area contributed by atoms with Gasteiger partial charge < -0.3 is 5.32 Å². The Morgan fingerprint density at radius 1 is 1.14 bits per heavy atom. The fourth-order valence-corrected chi connectivity index (χ4v) is 2.51. The molecule has 0 saturated carbocycles. The number of hydrogen-bond donors (Lipinski definition) is 1. The van der Waals surface area contributed by atoms with Crippen molar-refractivity contribution in [2.75, 3.05) is 6.54 Å². The standard InChI is InChI=1S/C18H27N3/c1-4-5-6-16-7-9-18(10-8-16)15(2)19-12-11-17-13-20-21(3)14-17/h7-10,13-15,19H,4-6,11-12H2,1-3H3. The number of benzene rings is 1. The van der Waals surface area contributed by atoms with Crippen LogP contribution in [0.5, 0.6) is 0 Å². The van der Waals surface area contributed by atoms with Crippen molar-refractivity contribution in [2.45, 2.75) is 45.6 Å². The summed E-state index contributed by atoms with van der Waals surface area (Å²) in [5.41, 5.74) is 4.09. The molecule has 1 atom stereocenters. The number of aryl methyl sites for hydroxylation is 2. The summed E-state index contributed by atoms with van der Waals surface area (Å²) in [6.07, 6.45) is 8.77. The zero-order valence-electron chi connectivity index (χ0n) is 13.5. The smallest absolute Gasteiger partial charge is 0.0522 e. The van der Waals surface area contributed by atoms with Crippen LogP contribution in [0.1, 0.15) is 49.4 Å². The lowest BCUT2D eigenvalue weighted by atomic mass is 10.0. The third-order valence-corrected chi connectivity index (χ3v) is 3.92. The van der Waals surface area contributed by atoms with Gasteiger partial charge in [-0.05, 0) is 49.4 Å². The third kappa shape index (κ3) is 5.01. The number of unbranched alkanes of at least 4 members (excludes halogenated alkanes) is 1. The minimum absolute atomic E-state index is 0.391. The Morgan fingerprint density at radius 3 is 2.52 bits per heavy atom. The van der Waals surface area contributed by atoms with Crippen LogP contribution in [0.15, 0.2) is 36.7 Å². The Balaban J connectivity index is 1.78. The normalized spacial score (nSPS) is 12.5. The second kappa shape index (κ2) is 7.99. The van der Waals surface area contributed by atoms with E-state index in [1.165, 1.54) is 36.0 Å². The van der Waals surface area contributed by atoms with Gasteiger partial charge in [0.05, 0.1) is 6.20 Å². The van der Waals surface area contributed by atoms with E-state index in [0.717, 1.165) is 13.0 Å². The van der Waals surface area contributed by atoms with E-state index in [-0.39, 0.29) is 0 Å². The Morgan fingerprint density at radius 2 is 1.90 bits per heavy atom. The number of aromatic nitrogens is 2. The SMILES string of the molecule is CCCCc1ccc(C(C)NCCc2cnn(C)c2)cc1. The summed E-state index contributed by atoms with van der Waals surface area (Å²) in [7, 11) is 1.96. The van der Waals surface area contributed by atoms with Gasteiger partial charge in [-0.3, -0.25) is 4.68 Å². The first kappa shape index (κ1) is 15.8. The van der Waals surface area contributed by atoms with Crippen LogP contribution in [-0.4, -0.2) is 16.3 Å². The van der Waals surface area contributed by atoms with Crippen LogP contribution in [0.4, 0.5) is 0 Å². The molecule has 0 amide bonds. The maximum Gasteiger partial charge on any atom is 0.0522 e. The number of nitrogens with zero attached hydrogens (tertiary/aromatic N) is 2. The highest BCUT2D eigenvalue weighted by Gasteiger charge is 2.05. The summed E-state index contributed by atoms with van der Waals surface area (Å²) < 4.78 is 1.85. The largest absolute Gasteiger partial charge is 0.310 e. The van der Waals surface area contributed by atoms with Gasteiger partial charge in [-0.1, -0.05) is 37.6 Å². The van der Waals surface area contributed by atoms with E-state index >= 15 is 0 Å². The second-order valence-corrected chi connectivity index (χ2v) is 5.79. The molecule has 0 aliphatic rings. The first-order valence-corrected chi connectivity index (χ1v) is 7.98. The summed E-state index contributed by atoms with van der Waals surface area (Å²) in [6, 6.07) is 9.44. The van der Waals surface area contributed by atoms with Crippen LogP contribution in [0, 0.1) is 0 Å². The van der Waals surface area contributed by atoms with E-state index in [1.54, 1.807) is 0 Å². The topological polar surface area (TPSA) is 29.9 Å². The molecule has 3 heteroatoms. The average Bonchev–Trinajstić information content (AvgIpc) is 2.91. The Kier molecular flexibility index (Phi) is 6.00. The summed E-state index contributed by atoms with van der Waals surface area (Å²) in [4.78, 5) is 0. The van der Waals surface area contributed by atoms with Crippen molar-refractivity contribution in [3.8, 4) is 0 Å². The minimum atomic E-state index is 0.391.